The molecule has 2 saturated heterocycles. The van der Waals surface area contributed by atoms with Crippen LogP contribution in [0.4, 0.5) is 0 Å². The van der Waals surface area contributed by atoms with E-state index >= 15 is 0 Å². The molecule has 0 aromatic rings. The van der Waals surface area contributed by atoms with E-state index in [9.17, 15) is 0 Å². The lowest BCUT2D eigenvalue weighted by Crippen LogP contribution is -2.53. The molecule has 0 aromatic carbocycles. The molecule has 2 N–H and O–H groups in total. The number of piperidine rings is 1. The molecule has 0 aromatic heterocycles. The summed E-state index contributed by atoms with van der Waals surface area (Å²) in [6, 6.07) is 0.954. The summed E-state index contributed by atoms with van der Waals surface area (Å²) in [6.07, 6.45) is 8.52. The zero-order valence-electron chi connectivity index (χ0n) is 14.4. The summed E-state index contributed by atoms with van der Waals surface area (Å²) in [5.74, 6) is 1.38. The number of nitrogens with zero attached hydrogens (tertiary/aromatic N) is 1. The third-order valence-electron chi connectivity index (χ3n) is 6.44. The molecular weight excluding hydrogens is 260 g/mol. The lowest BCUT2D eigenvalue weighted by Gasteiger charge is -2.46. The fourth-order valence-electron chi connectivity index (χ4n) is 5.28. The number of ether oxygens (including phenoxy) is 1. The van der Waals surface area contributed by atoms with Crippen LogP contribution in [-0.4, -0.2) is 41.3 Å². The monoisotopic (exact) mass is 294 g/mol. The highest BCUT2D eigenvalue weighted by atomic mass is 16.5. The van der Waals surface area contributed by atoms with Crippen molar-refractivity contribution in [2.45, 2.75) is 89.5 Å². The highest BCUT2D eigenvalue weighted by molar-refractivity contribution is 5.05. The van der Waals surface area contributed by atoms with Crippen molar-refractivity contribution in [1.29, 1.82) is 0 Å². The second kappa shape index (κ2) is 5.50. The molecule has 4 unspecified atom stereocenters. The number of hydrogen-bond acceptors (Lipinski definition) is 3. The van der Waals surface area contributed by atoms with Crippen LogP contribution in [0.2, 0.25) is 0 Å². The quantitative estimate of drug-likeness (QED) is 0.850. The van der Waals surface area contributed by atoms with Crippen LogP contribution in [0.1, 0.15) is 66.2 Å². The van der Waals surface area contributed by atoms with E-state index < -0.39 is 0 Å². The molecule has 0 spiro atoms. The first kappa shape index (κ1) is 15.8. The predicted molar refractivity (Wildman–Crippen MR) is 87.3 cm³/mol. The van der Waals surface area contributed by atoms with Crippen molar-refractivity contribution in [2.24, 2.45) is 17.6 Å². The van der Waals surface area contributed by atoms with Gasteiger partial charge in [0, 0.05) is 24.5 Å². The van der Waals surface area contributed by atoms with Crippen LogP contribution in [0.25, 0.3) is 0 Å². The first-order chi connectivity index (χ1) is 9.81. The molecule has 2 aliphatic heterocycles. The summed E-state index contributed by atoms with van der Waals surface area (Å²) < 4.78 is 6.29. The molecule has 0 amide bonds. The summed E-state index contributed by atoms with van der Waals surface area (Å²) in [4.78, 5) is 2.77. The molecule has 1 aliphatic carbocycles. The van der Waals surface area contributed by atoms with Crippen LogP contribution in [0, 0.1) is 11.8 Å². The Bertz CT molecular complexity index is 377. The Labute approximate surface area is 130 Å². The van der Waals surface area contributed by atoms with Gasteiger partial charge in [-0.1, -0.05) is 12.8 Å². The van der Waals surface area contributed by atoms with Crippen LogP contribution in [0.15, 0.2) is 0 Å². The maximum atomic E-state index is 6.57. The molecule has 3 fully saturated rings. The van der Waals surface area contributed by atoms with Gasteiger partial charge < -0.3 is 10.5 Å². The minimum atomic E-state index is -0.198. The highest BCUT2D eigenvalue weighted by Gasteiger charge is 2.53. The van der Waals surface area contributed by atoms with Gasteiger partial charge in [0.05, 0.1) is 11.2 Å². The molecule has 2 heterocycles. The average Bonchev–Trinajstić information content (AvgIpc) is 2.57. The van der Waals surface area contributed by atoms with E-state index in [-0.39, 0.29) is 17.2 Å². The minimum Gasteiger partial charge on any atom is -0.368 e. The van der Waals surface area contributed by atoms with Crippen molar-refractivity contribution in [3.63, 3.8) is 0 Å². The topological polar surface area (TPSA) is 38.5 Å². The Morgan fingerprint density at radius 2 is 1.67 bits per heavy atom. The summed E-state index contributed by atoms with van der Waals surface area (Å²) in [5.41, 5.74) is 6.26. The van der Waals surface area contributed by atoms with Crippen molar-refractivity contribution in [3.8, 4) is 0 Å². The van der Waals surface area contributed by atoms with E-state index in [4.69, 9.17) is 10.5 Å². The smallest absolute Gasteiger partial charge is 0.0788 e. The van der Waals surface area contributed by atoms with E-state index in [0.717, 1.165) is 18.5 Å². The van der Waals surface area contributed by atoms with Gasteiger partial charge in [0.25, 0.3) is 0 Å². The number of fused-ring (bicyclic) bond motifs is 1. The van der Waals surface area contributed by atoms with Crippen LogP contribution >= 0.6 is 0 Å². The normalized spacial score (nSPS) is 42.7. The summed E-state index contributed by atoms with van der Waals surface area (Å²) in [5, 5.41) is 0. The Hall–Kier alpha value is -0.120. The van der Waals surface area contributed by atoms with Crippen molar-refractivity contribution in [3.05, 3.63) is 0 Å². The molecule has 0 bridgehead atoms. The van der Waals surface area contributed by atoms with Gasteiger partial charge in [-0.05, 0) is 65.8 Å². The van der Waals surface area contributed by atoms with Crippen molar-refractivity contribution < 1.29 is 4.74 Å². The Morgan fingerprint density at radius 1 is 1.00 bits per heavy atom. The molecule has 0 radical (unpaired) electrons. The average molecular weight is 294 g/mol. The second-order valence-electron chi connectivity index (χ2n) is 8.69. The molecule has 4 atom stereocenters. The maximum absolute atomic E-state index is 6.57. The number of rotatable bonds is 2. The van der Waals surface area contributed by atoms with Gasteiger partial charge in [0.2, 0.25) is 0 Å². The van der Waals surface area contributed by atoms with Crippen LogP contribution in [0.3, 0.4) is 0 Å². The standard InChI is InChI=1S/C18H34N2O/c1-17(2)14(16(19)18(3,4)21-17)12-20-11-7-9-13-8-5-6-10-15(13)20/h13-16H,5-12,19H2,1-4H3. The number of likely N-dealkylation sites (tertiary alicyclic amines) is 1. The first-order valence-corrected chi connectivity index (χ1v) is 9.01. The Kier molecular flexibility index (Phi) is 4.13. The zero-order chi connectivity index (χ0) is 15.3. The molecule has 3 rings (SSSR count). The van der Waals surface area contributed by atoms with Gasteiger partial charge in [0.1, 0.15) is 0 Å². The molecule has 3 heteroatoms. The largest absolute Gasteiger partial charge is 0.368 e. The van der Waals surface area contributed by atoms with E-state index in [1.165, 1.54) is 45.1 Å². The molecule has 21 heavy (non-hydrogen) atoms. The van der Waals surface area contributed by atoms with Gasteiger partial charge >= 0.3 is 0 Å². The van der Waals surface area contributed by atoms with Crippen LogP contribution < -0.4 is 5.73 Å². The van der Waals surface area contributed by atoms with Crippen molar-refractivity contribution in [1.82, 2.24) is 4.90 Å². The minimum absolute atomic E-state index is 0.107. The molecule has 1 saturated carbocycles. The SMILES string of the molecule is CC1(C)OC(C)(C)C(CN2CCCC3CCCCC32)C1N. The van der Waals surface area contributed by atoms with Gasteiger partial charge in [0.15, 0.2) is 0 Å². The fourth-order valence-corrected chi connectivity index (χ4v) is 5.28. The third kappa shape index (κ3) is 2.89. The predicted octanol–water partition coefficient (Wildman–Crippen LogP) is 3.17. The molecule has 3 nitrogen and oxygen atoms in total. The van der Waals surface area contributed by atoms with Gasteiger partial charge in [-0.2, -0.15) is 0 Å². The maximum Gasteiger partial charge on any atom is 0.0788 e. The number of nitrogens with two attached hydrogens (primary N) is 1. The molecular formula is C18H34N2O. The third-order valence-corrected chi connectivity index (χ3v) is 6.44. The summed E-state index contributed by atoms with van der Waals surface area (Å²) >= 11 is 0. The second-order valence-corrected chi connectivity index (χ2v) is 8.69. The summed E-state index contributed by atoms with van der Waals surface area (Å²) in [6.45, 7) is 11.2. The van der Waals surface area contributed by atoms with E-state index in [1.54, 1.807) is 0 Å². The molecule has 122 valence electrons. The first-order valence-electron chi connectivity index (χ1n) is 9.01. The Morgan fingerprint density at radius 3 is 2.33 bits per heavy atom. The van der Waals surface area contributed by atoms with Gasteiger partial charge in [-0.25, -0.2) is 0 Å². The highest BCUT2D eigenvalue weighted by Crippen LogP contribution is 2.43. The lowest BCUT2D eigenvalue weighted by atomic mass is 9.76. The van der Waals surface area contributed by atoms with E-state index in [0.29, 0.717) is 5.92 Å². The van der Waals surface area contributed by atoms with E-state index in [2.05, 4.69) is 32.6 Å². The lowest BCUT2D eigenvalue weighted by molar-refractivity contribution is -0.0811. The number of hydrogen-bond donors (Lipinski definition) is 1. The zero-order valence-corrected chi connectivity index (χ0v) is 14.4. The van der Waals surface area contributed by atoms with Crippen molar-refractivity contribution >= 4 is 0 Å². The van der Waals surface area contributed by atoms with Crippen LogP contribution in [-0.2, 0) is 4.74 Å². The summed E-state index contributed by atoms with van der Waals surface area (Å²) in [7, 11) is 0. The molecule has 3 aliphatic rings. The van der Waals surface area contributed by atoms with E-state index in [1.807, 2.05) is 0 Å². The van der Waals surface area contributed by atoms with Gasteiger partial charge in [-0.15, -0.1) is 0 Å². The van der Waals surface area contributed by atoms with Crippen LogP contribution in [0.5, 0.6) is 0 Å². The van der Waals surface area contributed by atoms with Gasteiger partial charge in [-0.3, -0.25) is 4.90 Å². The fraction of sp³-hybridized carbons (Fsp3) is 1.00. The van der Waals surface area contributed by atoms with Crippen molar-refractivity contribution in [2.75, 3.05) is 13.1 Å². The Balaban J connectivity index is 1.73.